The van der Waals surface area contributed by atoms with E-state index in [-0.39, 0.29) is 11.6 Å². The number of furan rings is 1. The predicted molar refractivity (Wildman–Crippen MR) is 88.8 cm³/mol. The summed E-state index contributed by atoms with van der Waals surface area (Å²) in [5.41, 5.74) is 0.865. The third kappa shape index (κ3) is 2.62. The molecule has 24 heavy (non-hydrogen) atoms. The molecule has 1 aromatic heterocycles. The molecule has 2 aliphatic rings. The van der Waals surface area contributed by atoms with E-state index in [1.165, 1.54) is 0 Å². The summed E-state index contributed by atoms with van der Waals surface area (Å²) < 4.78 is 16.4. The molecule has 0 saturated heterocycles. The molecule has 1 saturated carbocycles. The Kier molecular flexibility index (Phi) is 3.49. The number of carbonyl (C=O) groups excluding carboxylic acids is 1. The highest BCUT2D eigenvalue weighted by molar-refractivity contribution is 6.13. The minimum Gasteiger partial charge on any atom is -0.496 e. The quantitative estimate of drug-likeness (QED) is 0.635. The Bertz CT molecular complexity index is 862. The van der Waals surface area contributed by atoms with Gasteiger partial charge in [-0.3, -0.25) is 0 Å². The molecule has 2 aromatic rings. The summed E-state index contributed by atoms with van der Waals surface area (Å²) in [5, 5.41) is 0. The second-order valence-electron chi connectivity index (χ2n) is 6.10. The first kappa shape index (κ1) is 14.8. The van der Waals surface area contributed by atoms with Crippen molar-refractivity contribution in [1.29, 1.82) is 0 Å². The monoisotopic (exact) mass is 323 g/mol. The van der Waals surface area contributed by atoms with E-state index in [1.54, 1.807) is 25.3 Å². The summed E-state index contributed by atoms with van der Waals surface area (Å²) in [6.07, 6.45) is 2.77. The zero-order valence-corrected chi connectivity index (χ0v) is 13.5. The van der Waals surface area contributed by atoms with Crippen molar-refractivity contribution >= 4 is 17.9 Å². The van der Waals surface area contributed by atoms with Crippen LogP contribution in [0, 0.1) is 5.92 Å². The Morgan fingerprint density at radius 1 is 1.25 bits per heavy atom. The van der Waals surface area contributed by atoms with Gasteiger partial charge in [0.05, 0.1) is 12.7 Å². The van der Waals surface area contributed by atoms with Gasteiger partial charge in [-0.25, -0.2) is 9.79 Å². The normalized spacial score (nSPS) is 24.0. The summed E-state index contributed by atoms with van der Waals surface area (Å²) in [5.74, 6) is 3.10. The fourth-order valence-corrected chi connectivity index (χ4v) is 2.84. The summed E-state index contributed by atoms with van der Waals surface area (Å²) in [6.45, 7) is 2.20. The highest BCUT2D eigenvalue weighted by atomic mass is 16.6. The largest absolute Gasteiger partial charge is 0.496 e. The Balaban J connectivity index is 1.62. The average molecular weight is 323 g/mol. The van der Waals surface area contributed by atoms with Crippen LogP contribution >= 0.6 is 0 Å². The molecule has 122 valence electrons. The van der Waals surface area contributed by atoms with Crippen molar-refractivity contribution < 1.29 is 18.7 Å². The van der Waals surface area contributed by atoms with Crippen LogP contribution in [-0.2, 0) is 9.53 Å². The fourth-order valence-electron chi connectivity index (χ4n) is 2.84. The molecule has 2 heterocycles. The van der Waals surface area contributed by atoms with E-state index in [2.05, 4.69) is 11.9 Å². The topological polar surface area (TPSA) is 61.0 Å². The van der Waals surface area contributed by atoms with Crippen LogP contribution in [0.5, 0.6) is 5.75 Å². The number of benzene rings is 1. The first-order chi connectivity index (χ1) is 11.7. The number of carbonyl (C=O) groups is 1. The van der Waals surface area contributed by atoms with Gasteiger partial charge in [-0.2, -0.15) is 0 Å². The molecule has 2 unspecified atom stereocenters. The van der Waals surface area contributed by atoms with E-state index in [4.69, 9.17) is 13.9 Å². The number of cyclic esters (lactones) is 1. The van der Waals surface area contributed by atoms with E-state index < -0.39 is 5.97 Å². The third-order valence-corrected chi connectivity index (χ3v) is 4.36. The van der Waals surface area contributed by atoms with Crippen LogP contribution < -0.4 is 4.74 Å². The Hall–Kier alpha value is -2.82. The van der Waals surface area contributed by atoms with Crippen LogP contribution in [0.3, 0.4) is 0 Å². The van der Waals surface area contributed by atoms with Gasteiger partial charge >= 0.3 is 5.97 Å². The maximum Gasteiger partial charge on any atom is 0.363 e. The smallest absolute Gasteiger partial charge is 0.363 e. The van der Waals surface area contributed by atoms with Crippen LogP contribution in [0.25, 0.3) is 6.08 Å². The number of rotatable bonds is 4. The third-order valence-electron chi connectivity index (χ3n) is 4.36. The molecule has 4 rings (SSSR count). The van der Waals surface area contributed by atoms with Gasteiger partial charge in [0, 0.05) is 12.0 Å². The van der Waals surface area contributed by atoms with Gasteiger partial charge in [0.1, 0.15) is 17.3 Å². The lowest BCUT2D eigenvalue weighted by molar-refractivity contribution is -0.129. The Morgan fingerprint density at radius 2 is 2.04 bits per heavy atom. The molecule has 0 N–H and O–H groups in total. The van der Waals surface area contributed by atoms with Crippen LogP contribution in [0.15, 0.2) is 51.5 Å². The lowest BCUT2D eigenvalue weighted by atomic mass is 10.2. The number of esters is 1. The molecule has 2 atom stereocenters. The molecule has 0 spiro atoms. The van der Waals surface area contributed by atoms with Crippen molar-refractivity contribution in [2.24, 2.45) is 10.9 Å². The minimum absolute atomic E-state index is 0.223. The van der Waals surface area contributed by atoms with Crippen LogP contribution in [-0.4, -0.2) is 19.0 Å². The number of hydrogen-bond acceptors (Lipinski definition) is 5. The van der Waals surface area contributed by atoms with Crippen LogP contribution in [0.1, 0.15) is 36.3 Å². The number of methoxy groups -OCH3 is 1. The number of hydrogen-bond donors (Lipinski definition) is 0. The number of nitrogens with zero attached hydrogens (tertiary/aromatic N) is 1. The van der Waals surface area contributed by atoms with E-state index in [0.717, 1.165) is 12.2 Å². The Morgan fingerprint density at radius 3 is 2.79 bits per heavy atom. The van der Waals surface area contributed by atoms with Gasteiger partial charge < -0.3 is 13.9 Å². The Labute approximate surface area is 139 Å². The van der Waals surface area contributed by atoms with Crippen molar-refractivity contribution in [3.05, 3.63) is 59.2 Å². The molecule has 1 aromatic carbocycles. The van der Waals surface area contributed by atoms with Gasteiger partial charge in [-0.05, 0) is 36.6 Å². The van der Waals surface area contributed by atoms with Crippen molar-refractivity contribution in [2.45, 2.75) is 19.3 Å². The second kappa shape index (κ2) is 5.67. The summed E-state index contributed by atoms with van der Waals surface area (Å²) >= 11 is 0. The molecule has 5 nitrogen and oxygen atoms in total. The first-order valence-corrected chi connectivity index (χ1v) is 7.91. The molecular formula is C19H17NO4. The summed E-state index contributed by atoms with van der Waals surface area (Å²) in [4.78, 5) is 16.4. The first-order valence-electron chi connectivity index (χ1n) is 7.91. The van der Waals surface area contributed by atoms with Crippen molar-refractivity contribution in [3.63, 3.8) is 0 Å². The average Bonchev–Trinajstić information content (AvgIpc) is 2.98. The van der Waals surface area contributed by atoms with Crippen LogP contribution in [0.2, 0.25) is 0 Å². The molecule has 0 radical (unpaired) electrons. The van der Waals surface area contributed by atoms with Gasteiger partial charge in [0.15, 0.2) is 5.70 Å². The SMILES string of the molecule is COc1ccccc1C1=N/C(=C\c2ccc(C3CC3C)o2)C(=O)O1. The minimum atomic E-state index is -0.492. The summed E-state index contributed by atoms with van der Waals surface area (Å²) in [7, 11) is 1.57. The highest BCUT2D eigenvalue weighted by Gasteiger charge is 2.36. The standard InChI is InChI=1S/C19H17NO4/c1-11-9-14(11)17-8-7-12(23-17)10-15-19(21)24-18(20-15)13-5-3-4-6-16(13)22-2/h3-8,10-11,14H,9H2,1-2H3/b15-10-. The van der Waals surface area contributed by atoms with Crippen molar-refractivity contribution in [2.75, 3.05) is 7.11 Å². The molecule has 0 amide bonds. The van der Waals surface area contributed by atoms with Gasteiger partial charge in [0.2, 0.25) is 5.90 Å². The van der Waals surface area contributed by atoms with E-state index in [0.29, 0.717) is 28.9 Å². The van der Waals surface area contributed by atoms with Crippen LogP contribution in [0.4, 0.5) is 0 Å². The lowest BCUT2D eigenvalue weighted by Gasteiger charge is -2.05. The predicted octanol–water partition coefficient (Wildman–Crippen LogP) is 3.76. The molecule has 1 fully saturated rings. The van der Waals surface area contributed by atoms with Gasteiger partial charge in [0.25, 0.3) is 0 Å². The lowest BCUT2D eigenvalue weighted by Crippen LogP contribution is -2.06. The molecule has 0 bridgehead atoms. The van der Waals surface area contributed by atoms with Gasteiger partial charge in [-0.15, -0.1) is 0 Å². The fraction of sp³-hybridized carbons (Fsp3) is 0.263. The molecule has 5 heteroatoms. The molecule has 1 aliphatic heterocycles. The summed E-state index contributed by atoms with van der Waals surface area (Å²) in [6, 6.07) is 11.1. The van der Waals surface area contributed by atoms with Crippen molar-refractivity contribution in [1.82, 2.24) is 0 Å². The zero-order valence-electron chi connectivity index (χ0n) is 13.5. The molecular weight excluding hydrogens is 306 g/mol. The second-order valence-corrected chi connectivity index (χ2v) is 6.10. The van der Waals surface area contributed by atoms with Gasteiger partial charge in [-0.1, -0.05) is 19.1 Å². The maximum atomic E-state index is 12.1. The van der Waals surface area contributed by atoms with E-state index >= 15 is 0 Å². The van der Waals surface area contributed by atoms with Crippen molar-refractivity contribution in [3.8, 4) is 5.75 Å². The maximum absolute atomic E-state index is 12.1. The van der Waals surface area contributed by atoms with E-state index in [1.807, 2.05) is 24.3 Å². The molecule has 1 aliphatic carbocycles. The number of aliphatic imine (C=N–C) groups is 1. The highest BCUT2D eigenvalue weighted by Crippen LogP contribution is 2.47. The number of ether oxygens (including phenoxy) is 2. The number of para-hydroxylation sites is 1. The van der Waals surface area contributed by atoms with E-state index in [9.17, 15) is 4.79 Å². The zero-order chi connectivity index (χ0) is 16.7.